The lowest BCUT2D eigenvalue weighted by Gasteiger charge is -2.31. The largest absolute Gasteiger partial charge is 0.365 e. The highest BCUT2D eigenvalue weighted by Gasteiger charge is 2.31. The SMILES string of the molecule is Cc1ccc(C(N)=O)c(N(C)C2CCCC2CN)n1. The first-order chi connectivity index (χ1) is 9.04. The fraction of sp³-hybridized carbons (Fsp3) is 0.571. The lowest BCUT2D eigenvalue weighted by molar-refractivity contribution is 0.100. The monoisotopic (exact) mass is 262 g/mol. The van der Waals surface area contributed by atoms with Crippen LogP contribution in [0.4, 0.5) is 5.82 Å². The normalized spacial score (nSPS) is 22.5. The van der Waals surface area contributed by atoms with Crippen molar-refractivity contribution < 1.29 is 4.79 Å². The Hall–Kier alpha value is -1.62. The molecule has 0 saturated heterocycles. The summed E-state index contributed by atoms with van der Waals surface area (Å²) in [6, 6.07) is 3.91. The third kappa shape index (κ3) is 2.71. The minimum Gasteiger partial charge on any atom is -0.365 e. The summed E-state index contributed by atoms with van der Waals surface area (Å²) in [5, 5.41) is 0. The first-order valence-corrected chi connectivity index (χ1v) is 6.75. The summed E-state index contributed by atoms with van der Waals surface area (Å²) < 4.78 is 0. The topological polar surface area (TPSA) is 85.2 Å². The number of carbonyl (C=O) groups excluding carboxylic acids is 1. The Bertz CT molecular complexity index is 475. The number of primary amides is 1. The summed E-state index contributed by atoms with van der Waals surface area (Å²) in [6.07, 6.45) is 3.41. The van der Waals surface area contributed by atoms with Gasteiger partial charge in [0.25, 0.3) is 5.91 Å². The highest BCUT2D eigenvalue weighted by atomic mass is 16.1. The van der Waals surface area contributed by atoms with Gasteiger partial charge >= 0.3 is 0 Å². The van der Waals surface area contributed by atoms with Gasteiger partial charge < -0.3 is 16.4 Å². The van der Waals surface area contributed by atoms with E-state index in [2.05, 4.69) is 9.88 Å². The van der Waals surface area contributed by atoms with Crippen LogP contribution in [0.3, 0.4) is 0 Å². The highest BCUT2D eigenvalue weighted by Crippen LogP contribution is 2.32. The third-order valence-electron chi connectivity index (χ3n) is 4.03. The van der Waals surface area contributed by atoms with Gasteiger partial charge in [-0.3, -0.25) is 4.79 Å². The average Bonchev–Trinajstić information content (AvgIpc) is 2.85. The molecule has 2 unspecified atom stereocenters. The predicted octanol–water partition coefficient (Wildman–Crippen LogP) is 1.05. The molecule has 2 rings (SSSR count). The maximum absolute atomic E-state index is 11.5. The maximum atomic E-state index is 11.5. The summed E-state index contributed by atoms with van der Waals surface area (Å²) in [4.78, 5) is 18.1. The van der Waals surface area contributed by atoms with E-state index in [-0.39, 0.29) is 0 Å². The molecule has 1 amide bonds. The molecule has 1 aliphatic rings. The zero-order valence-corrected chi connectivity index (χ0v) is 11.6. The van der Waals surface area contributed by atoms with Crippen molar-refractivity contribution in [1.29, 1.82) is 0 Å². The van der Waals surface area contributed by atoms with Crippen LogP contribution in [0, 0.1) is 12.8 Å². The second-order valence-electron chi connectivity index (χ2n) is 5.29. The summed E-state index contributed by atoms with van der Waals surface area (Å²) in [5.41, 5.74) is 12.6. The van der Waals surface area contributed by atoms with Gasteiger partial charge in [0.15, 0.2) is 0 Å². The van der Waals surface area contributed by atoms with E-state index in [1.165, 1.54) is 6.42 Å². The molecule has 1 aromatic rings. The van der Waals surface area contributed by atoms with Crippen LogP contribution in [0.25, 0.3) is 0 Å². The van der Waals surface area contributed by atoms with Gasteiger partial charge in [0.1, 0.15) is 5.82 Å². The molecule has 2 atom stereocenters. The van der Waals surface area contributed by atoms with Gasteiger partial charge in [-0.05, 0) is 44.4 Å². The number of rotatable bonds is 4. The molecule has 1 aromatic heterocycles. The number of nitrogens with zero attached hydrogens (tertiary/aromatic N) is 2. The molecule has 5 heteroatoms. The number of hydrogen-bond acceptors (Lipinski definition) is 4. The van der Waals surface area contributed by atoms with E-state index >= 15 is 0 Å². The Kier molecular flexibility index (Phi) is 4.04. The van der Waals surface area contributed by atoms with Crippen molar-refractivity contribution in [1.82, 2.24) is 4.98 Å². The van der Waals surface area contributed by atoms with Crippen molar-refractivity contribution in [2.45, 2.75) is 32.2 Å². The lowest BCUT2D eigenvalue weighted by Crippen LogP contribution is -2.39. The maximum Gasteiger partial charge on any atom is 0.252 e. The molecule has 0 aromatic carbocycles. The second kappa shape index (κ2) is 5.57. The summed E-state index contributed by atoms with van der Waals surface area (Å²) in [5.74, 6) is 0.711. The van der Waals surface area contributed by atoms with Crippen LogP contribution in [0.1, 0.15) is 35.3 Å². The average molecular weight is 262 g/mol. The first kappa shape index (κ1) is 13.8. The van der Waals surface area contributed by atoms with Crippen LogP contribution in [-0.2, 0) is 0 Å². The smallest absolute Gasteiger partial charge is 0.252 e. The summed E-state index contributed by atoms with van der Waals surface area (Å²) in [6.45, 7) is 2.59. The van der Waals surface area contributed by atoms with E-state index in [0.29, 0.717) is 29.9 Å². The minimum atomic E-state index is -0.434. The molecule has 4 N–H and O–H groups in total. The molecule has 0 spiro atoms. The van der Waals surface area contributed by atoms with Gasteiger partial charge in [-0.1, -0.05) is 6.42 Å². The van der Waals surface area contributed by atoms with Crippen molar-refractivity contribution in [2.24, 2.45) is 17.4 Å². The molecular weight excluding hydrogens is 240 g/mol. The van der Waals surface area contributed by atoms with Crippen LogP contribution in [-0.4, -0.2) is 30.5 Å². The van der Waals surface area contributed by atoms with Gasteiger partial charge in [-0.2, -0.15) is 0 Å². The molecule has 0 aliphatic heterocycles. The molecule has 1 aliphatic carbocycles. The third-order valence-corrected chi connectivity index (χ3v) is 4.03. The van der Waals surface area contributed by atoms with E-state index in [0.717, 1.165) is 18.5 Å². The van der Waals surface area contributed by atoms with Gasteiger partial charge in [-0.15, -0.1) is 0 Å². The molecule has 19 heavy (non-hydrogen) atoms. The van der Waals surface area contributed by atoms with Crippen LogP contribution in [0.2, 0.25) is 0 Å². The second-order valence-corrected chi connectivity index (χ2v) is 5.29. The van der Waals surface area contributed by atoms with E-state index in [4.69, 9.17) is 11.5 Å². The Labute approximate surface area is 114 Å². The number of amides is 1. The fourth-order valence-electron chi connectivity index (χ4n) is 2.96. The molecule has 0 radical (unpaired) electrons. The quantitative estimate of drug-likeness (QED) is 0.849. The van der Waals surface area contributed by atoms with Crippen LogP contribution < -0.4 is 16.4 Å². The van der Waals surface area contributed by atoms with Crippen molar-refractivity contribution in [3.05, 3.63) is 23.4 Å². The van der Waals surface area contributed by atoms with Crippen molar-refractivity contribution >= 4 is 11.7 Å². The predicted molar refractivity (Wildman–Crippen MR) is 76.1 cm³/mol. The molecule has 104 valence electrons. The lowest BCUT2D eigenvalue weighted by atomic mass is 10.0. The van der Waals surface area contributed by atoms with Crippen LogP contribution >= 0.6 is 0 Å². The fourth-order valence-corrected chi connectivity index (χ4v) is 2.96. The van der Waals surface area contributed by atoms with E-state index in [1.54, 1.807) is 6.07 Å². The highest BCUT2D eigenvalue weighted by molar-refractivity contribution is 5.97. The zero-order chi connectivity index (χ0) is 14.0. The Balaban J connectivity index is 2.34. The molecule has 0 bridgehead atoms. The Morgan fingerprint density at radius 3 is 2.84 bits per heavy atom. The molecule has 5 nitrogen and oxygen atoms in total. The van der Waals surface area contributed by atoms with E-state index < -0.39 is 5.91 Å². The number of aryl methyl sites for hydroxylation is 1. The number of anilines is 1. The van der Waals surface area contributed by atoms with Crippen molar-refractivity contribution in [3.8, 4) is 0 Å². The van der Waals surface area contributed by atoms with Gasteiger partial charge in [0.2, 0.25) is 0 Å². The molecule has 1 saturated carbocycles. The van der Waals surface area contributed by atoms with Gasteiger partial charge in [0, 0.05) is 18.8 Å². The standard InChI is InChI=1S/C14H22N4O/c1-9-6-7-11(13(16)19)14(17-9)18(2)12-5-3-4-10(12)8-15/h6-7,10,12H,3-5,8,15H2,1-2H3,(H2,16,19). The number of nitrogens with two attached hydrogens (primary N) is 2. The van der Waals surface area contributed by atoms with Gasteiger partial charge in [0.05, 0.1) is 5.56 Å². The number of carbonyl (C=O) groups is 1. The zero-order valence-electron chi connectivity index (χ0n) is 11.6. The Morgan fingerprint density at radius 2 is 2.21 bits per heavy atom. The molecular formula is C14H22N4O. The van der Waals surface area contributed by atoms with E-state index in [1.807, 2.05) is 20.0 Å². The van der Waals surface area contributed by atoms with Crippen LogP contribution in [0.5, 0.6) is 0 Å². The minimum absolute atomic E-state index is 0.345. The van der Waals surface area contributed by atoms with E-state index in [9.17, 15) is 4.79 Å². The number of aromatic nitrogens is 1. The Morgan fingerprint density at radius 1 is 1.47 bits per heavy atom. The molecule has 1 heterocycles. The summed E-state index contributed by atoms with van der Waals surface area (Å²) in [7, 11) is 1.98. The first-order valence-electron chi connectivity index (χ1n) is 6.75. The van der Waals surface area contributed by atoms with Gasteiger partial charge in [-0.25, -0.2) is 4.98 Å². The summed E-state index contributed by atoms with van der Waals surface area (Å²) >= 11 is 0. The van der Waals surface area contributed by atoms with Crippen molar-refractivity contribution in [3.63, 3.8) is 0 Å². The van der Waals surface area contributed by atoms with Crippen molar-refractivity contribution in [2.75, 3.05) is 18.5 Å². The molecule has 1 fully saturated rings. The number of hydrogen-bond donors (Lipinski definition) is 2. The number of pyridine rings is 1. The van der Waals surface area contributed by atoms with Crippen LogP contribution in [0.15, 0.2) is 12.1 Å².